The van der Waals surface area contributed by atoms with Gasteiger partial charge in [-0.05, 0) is 75.3 Å². The number of aryl methyl sites for hydroxylation is 2. The highest BCUT2D eigenvalue weighted by atomic mass is 14.2. The lowest BCUT2D eigenvalue weighted by Crippen LogP contribution is -2.12. The van der Waals surface area contributed by atoms with Crippen LogP contribution in [0.1, 0.15) is 75.8 Å². The summed E-state index contributed by atoms with van der Waals surface area (Å²) in [6, 6.07) is 24.2. The van der Waals surface area contributed by atoms with E-state index >= 15 is 0 Å². The molecule has 0 aliphatic heterocycles. The van der Waals surface area contributed by atoms with Crippen molar-refractivity contribution in [2.75, 3.05) is 0 Å². The molecule has 3 rings (SSSR count). The third-order valence-electron chi connectivity index (χ3n) is 6.09. The van der Waals surface area contributed by atoms with E-state index in [1.807, 2.05) is 0 Å². The average Bonchev–Trinajstić information content (AvgIpc) is 2.76. The average molecular weight is 425 g/mol. The monoisotopic (exact) mass is 424 g/mol. The molecule has 0 heteroatoms. The van der Waals surface area contributed by atoms with Gasteiger partial charge in [0.15, 0.2) is 0 Å². The number of hydrogen-bond acceptors (Lipinski definition) is 0. The molecule has 0 fully saturated rings. The highest BCUT2D eigenvalue weighted by Gasteiger charge is 2.19. The summed E-state index contributed by atoms with van der Waals surface area (Å²) in [5.74, 6) is 0. The van der Waals surface area contributed by atoms with Crippen molar-refractivity contribution < 1.29 is 0 Å². The first-order chi connectivity index (χ1) is 14.7. The van der Waals surface area contributed by atoms with Crippen LogP contribution in [-0.2, 0) is 11.8 Å². The smallest absolute Gasteiger partial charge is 0.0126 e. The van der Waals surface area contributed by atoms with Gasteiger partial charge in [0.05, 0.1) is 0 Å². The molecule has 168 valence electrons. The molecule has 0 bridgehead atoms. The topological polar surface area (TPSA) is 0 Å². The lowest BCUT2D eigenvalue weighted by atomic mass is 9.80. The maximum absolute atomic E-state index is 4.37. The summed E-state index contributed by atoms with van der Waals surface area (Å²) in [5.41, 5.74) is 11.0. The first-order valence-electron chi connectivity index (χ1n) is 11.4. The Morgan fingerprint density at radius 1 is 0.781 bits per heavy atom. The standard InChI is InChI=1S/C31H36.CH4/c1-8-9-12-25-15-17-26(18-16-25)23(3)24(4)27-19-20-28(22(2)21-27)29-13-10-11-14-30(29)31(5,6)7;/h10-11,13-21H,3-4,8-9,12H2,1-2,5-7H3;1H4. The minimum absolute atomic E-state index is 0. The van der Waals surface area contributed by atoms with Gasteiger partial charge in [-0.2, -0.15) is 0 Å². The molecule has 0 atom stereocenters. The number of unbranched alkanes of at least 4 members (excludes halogenated alkanes) is 1. The Balaban J connectivity index is 0.00000363. The van der Waals surface area contributed by atoms with E-state index in [2.05, 4.69) is 115 Å². The van der Waals surface area contributed by atoms with Crippen LogP contribution in [0.25, 0.3) is 22.3 Å². The minimum Gasteiger partial charge on any atom is -0.0906 e. The zero-order valence-corrected chi connectivity index (χ0v) is 19.9. The Labute approximate surface area is 196 Å². The van der Waals surface area contributed by atoms with Crippen LogP contribution in [0.4, 0.5) is 0 Å². The fourth-order valence-electron chi connectivity index (χ4n) is 4.13. The van der Waals surface area contributed by atoms with E-state index in [9.17, 15) is 0 Å². The largest absolute Gasteiger partial charge is 0.0906 e. The normalized spacial score (nSPS) is 11.0. The summed E-state index contributed by atoms with van der Waals surface area (Å²) >= 11 is 0. The maximum atomic E-state index is 4.37. The van der Waals surface area contributed by atoms with Crippen LogP contribution < -0.4 is 0 Å². The number of benzene rings is 3. The molecule has 0 amide bonds. The van der Waals surface area contributed by atoms with Gasteiger partial charge < -0.3 is 0 Å². The SMILES string of the molecule is C.C=C(C(=C)c1ccc(-c2ccccc2C(C)(C)C)c(C)c1)c1ccc(CCCC)cc1. The summed E-state index contributed by atoms with van der Waals surface area (Å²) in [6.07, 6.45) is 3.60. The van der Waals surface area contributed by atoms with Gasteiger partial charge in [0.1, 0.15) is 0 Å². The Morgan fingerprint density at radius 2 is 1.38 bits per heavy atom. The third-order valence-corrected chi connectivity index (χ3v) is 6.09. The van der Waals surface area contributed by atoms with E-state index in [1.54, 1.807) is 0 Å². The van der Waals surface area contributed by atoms with Gasteiger partial charge in [0.25, 0.3) is 0 Å². The van der Waals surface area contributed by atoms with Crippen LogP contribution in [0.2, 0.25) is 0 Å². The van der Waals surface area contributed by atoms with Crippen LogP contribution in [-0.4, -0.2) is 0 Å². The predicted molar refractivity (Wildman–Crippen MR) is 145 cm³/mol. The minimum atomic E-state index is 0. The Morgan fingerprint density at radius 3 is 1.97 bits per heavy atom. The highest BCUT2D eigenvalue weighted by Crippen LogP contribution is 2.36. The third kappa shape index (κ3) is 5.68. The fraction of sp³-hybridized carbons (Fsp3) is 0.312. The van der Waals surface area contributed by atoms with Gasteiger partial charge in [-0.15, -0.1) is 0 Å². The molecule has 0 unspecified atom stereocenters. The fourth-order valence-corrected chi connectivity index (χ4v) is 4.13. The summed E-state index contributed by atoms with van der Waals surface area (Å²) in [7, 11) is 0. The summed E-state index contributed by atoms with van der Waals surface area (Å²) in [5, 5.41) is 0. The van der Waals surface area contributed by atoms with E-state index in [0.29, 0.717) is 0 Å². The molecule has 32 heavy (non-hydrogen) atoms. The van der Waals surface area contributed by atoms with Gasteiger partial charge in [-0.25, -0.2) is 0 Å². The zero-order valence-electron chi connectivity index (χ0n) is 19.9. The van der Waals surface area contributed by atoms with E-state index in [0.717, 1.165) is 28.7 Å². The molecule has 0 saturated heterocycles. The Bertz CT molecular complexity index is 1070. The van der Waals surface area contributed by atoms with Crippen molar-refractivity contribution >= 4 is 11.1 Å². The van der Waals surface area contributed by atoms with Crippen LogP contribution in [0.5, 0.6) is 0 Å². The number of hydrogen-bond donors (Lipinski definition) is 0. The maximum Gasteiger partial charge on any atom is -0.0126 e. The van der Waals surface area contributed by atoms with Crippen LogP contribution in [0.3, 0.4) is 0 Å². The van der Waals surface area contributed by atoms with Gasteiger partial charge in [-0.1, -0.05) is 121 Å². The number of allylic oxidation sites excluding steroid dienone is 2. The number of rotatable bonds is 7. The summed E-state index contributed by atoms with van der Waals surface area (Å²) < 4.78 is 0. The van der Waals surface area contributed by atoms with Crippen molar-refractivity contribution in [3.8, 4) is 11.1 Å². The second-order valence-electron chi connectivity index (χ2n) is 9.58. The lowest BCUT2D eigenvalue weighted by Gasteiger charge is -2.24. The molecule has 0 aliphatic rings. The van der Waals surface area contributed by atoms with Gasteiger partial charge >= 0.3 is 0 Å². The second-order valence-corrected chi connectivity index (χ2v) is 9.58. The van der Waals surface area contributed by atoms with Gasteiger partial charge in [-0.3, -0.25) is 0 Å². The molecule has 0 saturated carbocycles. The predicted octanol–water partition coefficient (Wildman–Crippen LogP) is 9.66. The van der Waals surface area contributed by atoms with Crippen molar-refractivity contribution in [1.29, 1.82) is 0 Å². The molecule has 0 radical (unpaired) electrons. The molecule has 0 heterocycles. The summed E-state index contributed by atoms with van der Waals surface area (Å²) in [6.45, 7) is 20.0. The van der Waals surface area contributed by atoms with Crippen molar-refractivity contribution in [3.63, 3.8) is 0 Å². The molecular formula is C32H40. The van der Waals surface area contributed by atoms with E-state index in [4.69, 9.17) is 0 Å². The van der Waals surface area contributed by atoms with Crippen molar-refractivity contribution in [1.82, 2.24) is 0 Å². The van der Waals surface area contributed by atoms with E-state index in [-0.39, 0.29) is 12.8 Å². The second kappa shape index (κ2) is 10.6. The quantitative estimate of drug-likeness (QED) is 0.331. The summed E-state index contributed by atoms with van der Waals surface area (Å²) in [4.78, 5) is 0. The van der Waals surface area contributed by atoms with Crippen LogP contribution in [0.15, 0.2) is 79.9 Å². The van der Waals surface area contributed by atoms with Crippen LogP contribution in [0, 0.1) is 6.92 Å². The zero-order chi connectivity index (χ0) is 22.6. The molecule has 0 N–H and O–H groups in total. The first-order valence-corrected chi connectivity index (χ1v) is 11.4. The highest BCUT2D eigenvalue weighted by molar-refractivity contribution is 6.03. The molecule has 0 aliphatic carbocycles. The van der Waals surface area contributed by atoms with Crippen molar-refractivity contribution in [2.24, 2.45) is 0 Å². The lowest BCUT2D eigenvalue weighted by molar-refractivity contribution is 0.592. The molecule has 0 spiro atoms. The van der Waals surface area contributed by atoms with E-state index < -0.39 is 0 Å². The molecule has 3 aromatic rings. The van der Waals surface area contributed by atoms with Crippen molar-refractivity contribution in [3.05, 3.63) is 108 Å². The Kier molecular flexibility index (Phi) is 8.44. The molecule has 0 aromatic heterocycles. The van der Waals surface area contributed by atoms with Crippen LogP contribution >= 0.6 is 0 Å². The first kappa shape index (κ1) is 25.4. The van der Waals surface area contributed by atoms with E-state index in [1.165, 1.54) is 40.7 Å². The van der Waals surface area contributed by atoms with Gasteiger partial charge in [0, 0.05) is 0 Å². The molecule has 0 nitrogen and oxygen atoms in total. The Hall–Kier alpha value is -2.86. The van der Waals surface area contributed by atoms with Gasteiger partial charge in [0.2, 0.25) is 0 Å². The molecule has 3 aromatic carbocycles. The molecular weight excluding hydrogens is 384 g/mol. The van der Waals surface area contributed by atoms with Crippen molar-refractivity contribution in [2.45, 2.75) is 66.7 Å².